The highest BCUT2D eigenvalue weighted by Crippen LogP contribution is 2.45. The summed E-state index contributed by atoms with van der Waals surface area (Å²) in [6, 6.07) is 14.3. The van der Waals surface area contributed by atoms with E-state index in [1.54, 1.807) is 18.2 Å². The van der Waals surface area contributed by atoms with Gasteiger partial charge in [-0.25, -0.2) is 0 Å². The van der Waals surface area contributed by atoms with Crippen LogP contribution in [0.3, 0.4) is 0 Å². The minimum atomic E-state index is -1.75. The molecule has 6 rings (SSSR count). The highest BCUT2D eigenvalue weighted by Gasteiger charge is 2.45. The zero-order valence-corrected chi connectivity index (χ0v) is 21.1. The fourth-order valence-electron chi connectivity index (χ4n) is 4.83. The Morgan fingerprint density at radius 2 is 1.44 bits per heavy atom. The van der Waals surface area contributed by atoms with Crippen LogP contribution in [-0.4, -0.2) is 77.9 Å². The third-order valence-corrected chi connectivity index (χ3v) is 6.95. The monoisotopic (exact) mass is 565 g/mol. The van der Waals surface area contributed by atoms with E-state index in [1.165, 1.54) is 42.5 Å². The number of phenolic OH excluding ortho intramolecular Hbond substituents is 3. The van der Waals surface area contributed by atoms with E-state index in [0.717, 1.165) is 0 Å². The molecule has 41 heavy (non-hydrogen) atoms. The number of hydrogen-bond acceptors (Lipinski definition) is 11. The topological polar surface area (TPSA) is 208 Å². The van der Waals surface area contributed by atoms with E-state index in [1.807, 2.05) is 0 Å². The van der Waals surface area contributed by atoms with Crippen molar-refractivity contribution in [2.24, 2.45) is 0 Å². The van der Waals surface area contributed by atoms with Gasteiger partial charge >= 0.3 is 5.43 Å². The fraction of sp³-hybridized carbons (Fsp3) is 0.207. The first-order valence-electron chi connectivity index (χ1n) is 12.5. The van der Waals surface area contributed by atoms with Gasteiger partial charge in [-0.2, -0.15) is 0 Å². The van der Waals surface area contributed by atoms with Gasteiger partial charge in [-0.05, 0) is 48.5 Å². The number of benzene rings is 3. The smallest absolute Gasteiger partial charge is 0.347 e. The Bertz CT molecular complexity index is 1800. The quantitative estimate of drug-likeness (QED) is 0.121. The molecular weight excluding hydrogens is 540 g/mol. The van der Waals surface area contributed by atoms with Crippen molar-refractivity contribution in [3.63, 3.8) is 0 Å². The van der Waals surface area contributed by atoms with Gasteiger partial charge in [0.25, 0.3) is 0 Å². The third-order valence-electron chi connectivity index (χ3n) is 6.95. The lowest BCUT2D eigenvalue weighted by atomic mass is 9.99. The lowest BCUT2D eigenvalue weighted by Gasteiger charge is -2.39. The lowest BCUT2D eigenvalue weighted by Crippen LogP contribution is -2.60. The maximum Gasteiger partial charge on any atom is 0.347 e. The molecule has 0 saturated carbocycles. The fourth-order valence-corrected chi connectivity index (χ4v) is 4.83. The first-order valence-corrected chi connectivity index (χ1v) is 12.5. The van der Waals surface area contributed by atoms with E-state index < -0.39 is 48.8 Å². The van der Waals surface area contributed by atoms with Crippen molar-refractivity contribution in [2.45, 2.75) is 30.7 Å². The summed E-state index contributed by atoms with van der Waals surface area (Å²) < 4.78 is 23.9. The van der Waals surface area contributed by atoms with Crippen molar-refractivity contribution >= 4 is 21.9 Å². The summed E-state index contributed by atoms with van der Waals surface area (Å²) in [5.74, 6) is -0.627. The molecule has 0 aliphatic carbocycles. The molecule has 1 aliphatic rings. The summed E-state index contributed by atoms with van der Waals surface area (Å²) in [5.41, 5.74) is 0.918. The molecule has 0 bridgehead atoms. The van der Waals surface area contributed by atoms with E-state index in [0.29, 0.717) is 16.3 Å². The SMILES string of the molecule is OC[C@H]1O[C@@H](Oc2c(-c3ccc(O)c(O)c3)oc3cc(=[OH+])cc4oc(-c5ccc(O)cc5)cc2c43)[C@H](O)[C@@H](O)[C@@H]1O. The van der Waals surface area contributed by atoms with Gasteiger partial charge in [-0.1, -0.05) is 0 Å². The summed E-state index contributed by atoms with van der Waals surface area (Å²) in [7, 11) is 0. The molecule has 0 radical (unpaired) electrons. The Morgan fingerprint density at radius 3 is 2.12 bits per heavy atom. The van der Waals surface area contributed by atoms with Crippen LogP contribution in [0.15, 0.2) is 69.5 Å². The molecule has 5 atom stereocenters. The van der Waals surface area contributed by atoms with E-state index in [4.69, 9.17) is 18.3 Å². The predicted octanol–water partition coefficient (Wildman–Crippen LogP) is 1.81. The standard InChI is InChI=1S/C29H24O12/c30-11-22-24(35)25(36)26(37)29(40-22)41-28-16-10-19(12-1-4-14(31)5-2-12)38-20-8-15(32)9-21(23(16)20)39-27(28)13-3-6-17(33)18(34)7-13/h1-10,22,24-26,29-31,33-37H,11H2/p+1/t22-,24-,25+,26-,29+/m1/s1. The second-order valence-corrected chi connectivity index (χ2v) is 9.67. The number of phenols is 3. The van der Waals surface area contributed by atoms with Gasteiger partial charge in [-0.15, -0.1) is 0 Å². The predicted molar refractivity (Wildman–Crippen MR) is 141 cm³/mol. The molecule has 212 valence electrons. The normalized spacial score (nSPS) is 22.8. The first-order chi connectivity index (χ1) is 19.6. The van der Waals surface area contributed by atoms with Gasteiger partial charge in [0.2, 0.25) is 6.29 Å². The molecule has 0 spiro atoms. The zero-order chi connectivity index (χ0) is 29.0. The third kappa shape index (κ3) is 4.63. The van der Waals surface area contributed by atoms with Crippen molar-refractivity contribution in [1.82, 2.24) is 0 Å². The van der Waals surface area contributed by atoms with Gasteiger partial charge in [0.15, 0.2) is 23.0 Å². The summed E-state index contributed by atoms with van der Waals surface area (Å²) >= 11 is 0. The molecule has 8 N–H and O–H groups in total. The number of aromatic hydroxyl groups is 3. The Balaban J connectivity index is 1.64. The molecule has 0 unspecified atom stereocenters. The molecule has 3 heterocycles. The van der Waals surface area contributed by atoms with E-state index in [9.17, 15) is 40.5 Å². The van der Waals surface area contributed by atoms with E-state index in [-0.39, 0.29) is 45.2 Å². The van der Waals surface area contributed by atoms with Crippen LogP contribution in [0.2, 0.25) is 0 Å². The highest BCUT2D eigenvalue weighted by molar-refractivity contribution is 6.10. The van der Waals surface area contributed by atoms with Crippen LogP contribution in [0, 0.1) is 0 Å². The molecule has 0 amide bonds. The van der Waals surface area contributed by atoms with Crippen molar-refractivity contribution in [1.29, 1.82) is 0 Å². The van der Waals surface area contributed by atoms with Crippen LogP contribution in [-0.2, 0) is 4.74 Å². The maximum atomic E-state index is 10.7. The largest absolute Gasteiger partial charge is 0.508 e. The van der Waals surface area contributed by atoms with Crippen LogP contribution < -0.4 is 10.2 Å². The minimum absolute atomic E-state index is 0.0282. The highest BCUT2D eigenvalue weighted by atomic mass is 16.7. The van der Waals surface area contributed by atoms with Crippen molar-refractivity contribution < 1.29 is 58.8 Å². The minimum Gasteiger partial charge on any atom is -0.508 e. The first kappa shape index (κ1) is 26.6. The number of ether oxygens (including phenoxy) is 2. The Kier molecular flexibility index (Phi) is 6.56. The average Bonchev–Trinajstić information content (AvgIpc) is 2.95. The van der Waals surface area contributed by atoms with Crippen molar-refractivity contribution in [3.8, 4) is 45.6 Å². The Hall–Kier alpha value is -4.59. The molecule has 1 saturated heterocycles. The molecule has 1 aliphatic heterocycles. The molecule has 5 aromatic rings. The summed E-state index contributed by atoms with van der Waals surface area (Å²) in [6.07, 6.45) is -7.96. The van der Waals surface area contributed by atoms with Crippen LogP contribution in [0.4, 0.5) is 0 Å². The second kappa shape index (κ2) is 10.1. The number of hydrogen-bond donors (Lipinski definition) is 7. The lowest BCUT2D eigenvalue weighted by molar-refractivity contribution is -0.277. The van der Waals surface area contributed by atoms with Crippen LogP contribution in [0.25, 0.3) is 44.6 Å². The van der Waals surface area contributed by atoms with Gasteiger partial charge in [0.1, 0.15) is 47.1 Å². The zero-order valence-electron chi connectivity index (χ0n) is 21.1. The molecular formula is C29H25O12+. The van der Waals surface area contributed by atoms with Crippen molar-refractivity contribution in [2.75, 3.05) is 6.61 Å². The Morgan fingerprint density at radius 1 is 0.756 bits per heavy atom. The Labute approximate surface area is 230 Å². The molecule has 2 aromatic heterocycles. The maximum absolute atomic E-state index is 10.7. The van der Waals surface area contributed by atoms with Gasteiger partial charge in [0, 0.05) is 16.5 Å². The van der Waals surface area contributed by atoms with E-state index >= 15 is 0 Å². The molecule has 12 nitrogen and oxygen atoms in total. The number of rotatable bonds is 5. The summed E-state index contributed by atoms with van der Waals surface area (Å²) in [5, 5.41) is 71.5. The average molecular weight is 566 g/mol. The van der Waals surface area contributed by atoms with Crippen LogP contribution in [0.5, 0.6) is 23.0 Å². The molecule has 3 aromatic carbocycles. The molecule has 1 fully saturated rings. The summed E-state index contributed by atoms with van der Waals surface area (Å²) in [6.45, 7) is -0.680. The summed E-state index contributed by atoms with van der Waals surface area (Å²) in [4.78, 5) is 10.4. The van der Waals surface area contributed by atoms with Gasteiger partial charge in [0.05, 0.1) is 24.1 Å². The molecule has 12 heteroatoms. The van der Waals surface area contributed by atoms with E-state index in [2.05, 4.69) is 0 Å². The van der Waals surface area contributed by atoms with Crippen molar-refractivity contribution in [3.05, 3.63) is 66.1 Å². The number of aliphatic hydroxyl groups is 4. The van der Waals surface area contributed by atoms with Gasteiger partial charge < -0.3 is 54.1 Å². The van der Waals surface area contributed by atoms with Gasteiger partial charge in [-0.3, -0.25) is 4.79 Å². The van der Waals surface area contributed by atoms with Crippen LogP contribution in [0.1, 0.15) is 0 Å². The number of aliphatic hydroxyl groups excluding tert-OH is 4. The second-order valence-electron chi connectivity index (χ2n) is 9.67. The van der Waals surface area contributed by atoms with Crippen LogP contribution >= 0.6 is 0 Å².